The predicted molar refractivity (Wildman–Crippen MR) is 93.4 cm³/mol. The molecule has 0 bridgehead atoms. The van der Waals surface area contributed by atoms with Gasteiger partial charge in [0.1, 0.15) is 5.75 Å². The van der Waals surface area contributed by atoms with Crippen LogP contribution in [-0.4, -0.2) is 62.0 Å². The molecule has 1 heterocycles. The molecule has 1 aromatic carbocycles. The summed E-state index contributed by atoms with van der Waals surface area (Å²) in [5.41, 5.74) is 1.21. The lowest BCUT2D eigenvalue weighted by atomic mass is 10.0. The molecule has 0 unspecified atom stereocenters. The van der Waals surface area contributed by atoms with Crippen LogP contribution in [-0.2, 0) is 16.1 Å². The Kier molecular flexibility index (Phi) is 6.07. The minimum Gasteiger partial charge on any atom is -0.497 e. The zero-order chi connectivity index (χ0) is 17.7. The first-order valence-corrected chi connectivity index (χ1v) is 8.25. The van der Waals surface area contributed by atoms with Gasteiger partial charge in [0.2, 0.25) is 5.91 Å². The van der Waals surface area contributed by atoms with Gasteiger partial charge in [-0.15, -0.1) is 0 Å². The number of amides is 1. The molecule has 1 aromatic rings. The SMILES string of the molecule is COCCN1Cc2cc(OC)ccc2N(CC(C)(C)O)CCC1=O. The summed E-state index contributed by atoms with van der Waals surface area (Å²) in [6.45, 7) is 6.19. The fraction of sp³-hybridized carbons (Fsp3) is 0.611. The van der Waals surface area contributed by atoms with Crippen molar-refractivity contribution >= 4 is 11.6 Å². The minimum atomic E-state index is -0.838. The molecule has 1 aliphatic heterocycles. The Morgan fingerprint density at radius 1 is 1.25 bits per heavy atom. The number of rotatable bonds is 6. The van der Waals surface area contributed by atoms with Gasteiger partial charge in [-0.25, -0.2) is 0 Å². The van der Waals surface area contributed by atoms with Gasteiger partial charge in [0.05, 0.1) is 19.3 Å². The van der Waals surface area contributed by atoms with Gasteiger partial charge in [0.15, 0.2) is 0 Å². The van der Waals surface area contributed by atoms with E-state index in [4.69, 9.17) is 9.47 Å². The van der Waals surface area contributed by atoms with Crippen LogP contribution in [0.3, 0.4) is 0 Å². The van der Waals surface area contributed by atoms with Crippen LogP contribution < -0.4 is 9.64 Å². The fourth-order valence-corrected chi connectivity index (χ4v) is 2.96. The second-order valence-electron chi connectivity index (χ2n) is 6.79. The summed E-state index contributed by atoms with van der Waals surface area (Å²) in [4.78, 5) is 16.4. The van der Waals surface area contributed by atoms with E-state index in [2.05, 4.69) is 4.90 Å². The Morgan fingerprint density at radius 3 is 2.62 bits per heavy atom. The van der Waals surface area contributed by atoms with Crippen molar-refractivity contribution in [3.63, 3.8) is 0 Å². The normalized spacial score (nSPS) is 15.8. The van der Waals surface area contributed by atoms with Crippen molar-refractivity contribution in [3.05, 3.63) is 23.8 Å². The highest BCUT2D eigenvalue weighted by atomic mass is 16.5. The van der Waals surface area contributed by atoms with Crippen LogP contribution in [0.25, 0.3) is 0 Å². The van der Waals surface area contributed by atoms with E-state index in [9.17, 15) is 9.90 Å². The van der Waals surface area contributed by atoms with Gasteiger partial charge in [-0.2, -0.15) is 0 Å². The lowest BCUT2D eigenvalue weighted by Crippen LogP contribution is -2.44. The van der Waals surface area contributed by atoms with E-state index < -0.39 is 5.60 Å². The van der Waals surface area contributed by atoms with Gasteiger partial charge in [-0.05, 0) is 37.6 Å². The van der Waals surface area contributed by atoms with Gasteiger partial charge < -0.3 is 24.4 Å². The van der Waals surface area contributed by atoms with Gasteiger partial charge in [-0.1, -0.05) is 0 Å². The second-order valence-corrected chi connectivity index (χ2v) is 6.79. The summed E-state index contributed by atoms with van der Waals surface area (Å²) in [6, 6.07) is 5.88. The largest absolute Gasteiger partial charge is 0.497 e. The van der Waals surface area contributed by atoms with Crippen molar-refractivity contribution in [1.82, 2.24) is 4.90 Å². The first kappa shape index (κ1) is 18.5. The number of nitrogens with zero attached hydrogens (tertiary/aromatic N) is 2. The molecule has 0 saturated carbocycles. The molecule has 0 aromatic heterocycles. The van der Waals surface area contributed by atoms with Gasteiger partial charge in [0, 0.05) is 45.4 Å². The van der Waals surface area contributed by atoms with E-state index in [-0.39, 0.29) is 5.91 Å². The maximum atomic E-state index is 12.5. The molecule has 0 radical (unpaired) electrons. The molecule has 6 nitrogen and oxygen atoms in total. The van der Waals surface area contributed by atoms with Crippen LogP contribution in [0.1, 0.15) is 25.8 Å². The summed E-state index contributed by atoms with van der Waals surface area (Å²) < 4.78 is 10.5. The van der Waals surface area contributed by atoms with Crippen molar-refractivity contribution in [2.75, 3.05) is 45.4 Å². The number of hydrogen-bond donors (Lipinski definition) is 1. The molecule has 0 fully saturated rings. The highest BCUT2D eigenvalue weighted by molar-refractivity contribution is 5.78. The molecule has 6 heteroatoms. The molecule has 2 rings (SSSR count). The Hall–Kier alpha value is -1.79. The lowest BCUT2D eigenvalue weighted by molar-refractivity contribution is -0.132. The van der Waals surface area contributed by atoms with Crippen LogP contribution in [0, 0.1) is 0 Å². The van der Waals surface area contributed by atoms with Gasteiger partial charge >= 0.3 is 0 Å². The number of benzene rings is 1. The molecule has 0 saturated heterocycles. The molecule has 1 amide bonds. The molecule has 134 valence electrons. The topological polar surface area (TPSA) is 62.2 Å². The summed E-state index contributed by atoms with van der Waals surface area (Å²) in [5.74, 6) is 0.859. The van der Waals surface area contributed by atoms with Crippen LogP contribution in [0.5, 0.6) is 5.75 Å². The quantitative estimate of drug-likeness (QED) is 0.856. The van der Waals surface area contributed by atoms with Gasteiger partial charge in [-0.3, -0.25) is 4.79 Å². The minimum absolute atomic E-state index is 0.0984. The average molecular weight is 336 g/mol. The molecule has 24 heavy (non-hydrogen) atoms. The predicted octanol–water partition coefficient (Wildman–Crippen LogP) is 1.65. The number of fused-ring (bicyclic) bond motifs is 1. The maximum absolute atomic E-state index is 12.5. The summed E-state index contributed by atoms with van der Waals surface area (Å²) in [7, 11) is 3.27. The molecule has 1 aliphatic rings. The molecule has 0 spiro atoms. The first-order valence-electron chi connectivity index (χ1n) is 8.25. The van der Waals surface area contributed by atoms with E-state index in [1.165, 1.54) is 0 Å². The standard InChI is InChI=1S/C18H28N2O4/c1-18(2,22)13-20-8-7-17(21)19(9-10-23-3)12-14-11-15(24-4)5-6-16(14)20/h5-6,11,22H,7-10,12-13H2,1-4H3. The molecular formula is C18H28N2O4. The average Bonchev–Trinajstić information content (AvgIpc) is 2.52. The number of carbonyl (C=O) groups is 1. The molecule has 0 atom stereocenters. The van der Waals surface area contributed by atoms with E-state index >= 15 is 0 Å². The Bertz CT molecular complexity index is 569. The number of hydrogen-bond acceptors (Lipinski definition) is 5. The Morgan fingerprint density at radius 2 is 2.00 bits per heavy atom. The van der Waals surface area contributed by atoms with Crippen molar-refractivity contribution in [1.29, 1.82) is 0 Å². The van der Waals surface area contributed by atoms with Crippen molar-refractivity contribution in [3.8, 4) is 5.75 Å². The molecule has 0 aliphatic carbocycles. The fourth-order valence-electron chi connectivity index (χ4n) is 2.96. The number of anilines is 1. The lowest BCUT2D eigenvalue weighted by Gasteiger charge is -2.36. The van der Waals surface area contributed by atoms with E-state index in [1.54, 1.807) is 28.1 Å². The van der Waals surface area contributed by atoms with Crippen molar-refractivity contribution in [2.45, 2.75) is 32.4 Å². The van der Waals surface area contributed by atoms with Crippen molar-refractivity contribution < 1.29 is 19.4 Å². The summed E-state index contributed by atoms with van der Waals surface area (Å²) >= 11 is 0. The highest BCUT2D eigenvalue weighted by Gasteiger charge is 2.26. The first-order chi connectivity index (χ1) is 11.3. The second kappa shape index (κ2) is 7.85. The van der Waals surface area contributed by atoms with Crippen LogP contribution in [0.15, 0.2) is 18.2 Å². The third-order valence-electron chi connectivity index (χ3n) is 4.08. The number of ether oxygens (including phenoxy) is 2. The Labute approximate surface area is 144 Å². The third kappa shape index (κ3) is 4.85. The van der Waals surface area contributed by atoms with E-state index in [1.807, 2.05) is 23.1 Å². The van der Waals surface area contributed by atoms with Crippen LogP contribution in [0.2, 0.25) is 0 Å². The number of aliphatic hydroxyl groups is 1. The monoisotopic (exact) mass is 336 g/mol. The third-order valence-corrected chi connectivity index (χ3v) is 4.08. The maximum Gasteiger partial charge on any atom is 0.224 e. The van der Waals surface area contributed by atoms with Gasteiger partial charge in [0.25, 0.3) is 0 Å². The molecular weight excluding hydrogens is 308 g/mol. The van der Waals surface area contributed by atoms with Crippen LogP contribution in [0.4, 0.5) is 5.69 Å². The summed E-state index contributed by atoms with van der Waals surface area (Å²) in [6.07, 6.45) is 0.422. The van der Waals surface area contributed by atoms with Crippen molar-refractivity contribution in [2.24, 2.45) is 0 Å². The van der Waals surface area contributed by atoms with Crippen LogP contribution >= 0.6 is 0 Å². The zero-order valence-electron chi connectivity index (χ0n) is 15.0. The zero-order valence-corrected chi connectivity index (χ0v) is 15.0. The number of carbonyl (C=O) groups excluding carboxylic acids is 1. The molecule has 1 N–H and O–H groups in total. The smallest absolute Gasteiger partial charge is 0.224 e. The van der Waals surface area contributed by atoms with E-state index in [0.717, 1.165) is 17.0 Å². The summed E-state index contributed by atoms with van der Waals surface area (Å²) in [5, 5.41) is 10.2. The Balaban J connectivity index is 2.36. The highest BCUT2D eigenvalue weighted by Crippen LogP contribution is 2.30. The van der Waals surface area contributed by atoms with E-state index in [0.29, 0.717) is 39.2 Å². The number of β-amino-alcohol motifs (C(OH)–C–C–N with tert-alkyl or cyclic N) is 1. The number of methoxy groups -OCH3 is 2.